The van der Waals surface area contributed by atoms with Crippen LogP contribution < -0.4 is 5.56 Å². The Labute approximate surface area is 188 Å². The summed E-state index contributed by atoms with van der Waals surface area (Å²) < 4.78 is 16.9. The molecule has 2 aromatic carbocycles. The van der Waals surface area contributed by atoms with E-state index in [-0.39, 0.29) is 17.0 Å². The maximum atomic E-state index is 14.7. The normalized spacial score (nSPS) is 15.6. The molecule has 8 heteroatoms. The summed E-state index contributed by atoms with van der Waals surface area (Å²) in [6.07, 6.45) is 4.69. The molecule has 1 saturated carbocycles. The lowest BCUT2D eigenvalue weighted by Crippen LogP contribution is -2.39. The number of nitrogens with one attached hydrogen (secondary N) is 1. The van der Waals surface area contributed by atoms with E-state index in [9.17, 15) is 14.0 Å². The predicted molar refractivity (Wildman–Crippen MR) is 121 cm³/mol. The third-order valence-electron chi connectivity index (χ3n) is 6.59. The van der Waals surface area contributed by atoms with Crippen molar-refractivity contribution >= 4 is 16.7 Å². The Hall–Kier alpha value is -3.81. The van der Waals surface area contributed by atoms with Crippen molar-refractivity contribution in [2.45, 2.75) is 38.3 Å². The number of imidazole rings is 1. The molecule has 0 unspecified atom stereocenters. The average Bonchev–Trinajstić information content (AvgIpc) is 3.60. The summed E-state index contributed by atoms with van der Waals surface area (Å²) in [7, 11) is 0. The first-order valence-corrected chi connectivity index (χ1v) is 11.2. The molecule has 1 aliphatic carbocycles. The first-order chi connectivity index (χ1) is 16.1. The van der Waals surface area contributed by atoms with Gasteiger partial charge < -0.3 is 9.47 Å². The fourth-order valence-electron chi connectivity index (χ4n) is 4.68. The molecule has 1 aliphatic heterocycles. The summed E-state index contributed by atoms with van der Waals surface area (Å²) in [5.74, 6) is 0.573. The first-order valence-electron chi connectivity index (χ1n) is 11.2. The fourth-order valence-corrected chi connectivity index (χ4v) is 4.68. The largest absolute Gasteiger partial charge is 0.329 e. The maximum absolute atomic E-state index is 14.7. The highest BCUT2D eigenvalue weighted by atomic mass is 19.1. The van der Waals surface area contributed by atoms with E-state index in [1.165, 1.54) is 24.6 Å². The quantitative estimate of drug-likeness (QED) is 0.524. The van der Waals surface area contributed by atoms with Crippen molar-refractivity contribution in [3.8, 4) is 0 Å². The van der Waals surface area contributed by atoms with Crippen molar-refractivity contribution in [3.63, 3.8) is 0 Å². The molecule has 33 heavy (non-hydrogen) atoms. The second-order valence-corrected chi connectivity index (χ2v) is 8.79. The molecular weight excluding hydrogens is 421 g/mol. The van der Waals surface area contributed by atoms with E-state index in [1.807, 2.05) is 18.3 Å². The van der Waals surface area contributed by atoms with Crippen LogP contribution >= 0.6 is 0 Å². The molecule has 3 heterocycles. The third-order valence-corrected chi connectivity index (χ3v) is 6.59. The summed E-state index contributed by atoms with van der Waals surface area (Å²) in [4.78, 5) is 31.5. The number of nitrogens with zero attached hydrogens (tertiary/aromatic N) is 4. The molecule has 0 radical (unpaired) electrons. The highest BCUT2D eigenvalue weighted by Crippen LogP contribution is 2.40. The molecule has 0 bridgehead atoms. The Morgan fingerprint density at radius 1 is 1.12 bits per heavy atom. The summed E-state index contributed by atoms with van der Waals surface area (Å²) in [5, 5.41) is 8.02. The number of rotatable bonds is 4. The number of carbonyl (C=O) groups is 1. The minimum absolute atomic E-state index is 0.0450. The van der Waals surface area contributed by atoms with Gasteiger partial charge in [0.25, 0.3) is 11.5 Å². The van der Waals surface area contributed by atoms with Crippen molar-refractivity contribution < 1.29 is 9.18 Å². The first kappa shape index (κ1) is 19.8. The Morgan fingerprint density at radius 3 is 2.76 bits per heavy atom. The molecule has 7 nitrogen and oxygen atoms in total. The summed E-state index contributed by atoms with van der Waals surface area (Å²) in [6.45, 7) is 1.58. The van der Waals surface area contributed by atoms with Crippen LogP contribution in [0.5, 0.6) is 0 Å². The van der Waals surface area contributed by atoms with Gasteiger partial charge in [-0.15, -0.1) is 0 Å². The van der Waals surface area contributed by atoms with E-state index in [0.717, 1.165) is 16.8 Å². The van der Waals surface area contributed by atoms with Gasteiger partial charge >= 0.3 is 0 Å². The maximum Gasteiger partial charge on any atom is 0.272 e. The van der Waals surface area contributed by atoms with Crippen LogP contribution in [0.4, 0.5) is 4.39 Å². The number of hydrogen-bond acceptors (Lipinski definition) is 4. The molecule has 1 N–H and O–H groups in total. The molecule has 6 rings (SSSR count). The zero-order valence-electron chi connectivity index (χ0n) is 17.9. The highest BCUT2D eigenvalue weighted by molar-refractivity contribution is 5.94. The van der Waals surface area contributed by atoms with E-state index in [1.54, 1.807) is 29.2 Å². The van der Waals surface area contributed by atoms with Crippen LogP contribution in [0, 0.1) is 5.82 Å². The highest BCUT2D eigenvalue weighted by Gasteiger charge is 2.32. The summed E-state index contributed by atoms with van der Waals surface area (Å²) in [6, 6.07) is 11.8. The van der Waals surface area contributed by atoms with Crippen LogP contribution in [-0.4, -0.2) is 37.1 Å². The van der Waals surface area contributed by atoms with Crippen LogP contribution in [0.1, 0.15) is 51.9 Å². The van der Waals surface area contributed by atoms with Crippen molar-refractivity contribution in [3.05, 3.63) is 93.2 Å². The number of aromatic amines is 1. The topological polar surface area (TPSA) is 83.9 Å². The SMILES string of the molecule is O=C(c1cc(Cc2n[nH]c(=O)c3ccccc23)ccc1F)N1CCn2c(C3CC3)cnc2C1. The van der Waals surface area contributed by atoms with Gasteiger partial charge in [-0.1, -0.05) is 24.3 Å². The predicted octanol–water partition coefficient (Wildman–Crippen LogP) is 3.38. The molecule has 0 saturated heterocycles. The lowest BCUT2D eigenvalue weighted by atomic mass is 10.0. The van der Waals surface area contributed by atoms with Gasteiger partial charge in [0.05, 0.1) is 23.2 Å². The van der Waals surface area contributed by atoms with E-state index in [2.05, 4.69) is 19.7 Å². The lowest BCUT2D eigenvalue weighted by molar-refractivity contribution is 0.0701. The number of aromatic nitrogens is 4. The van der Waals surface area contributed by atoms with Gasteiger partial charge in [0.15, 0.2) is 0 Å². The van der Waals surface area contributed by atoms with Gasteiger partial charge in [-0.25, -0.2) is 14.5 Å². The smallest absolute Gasteiger partial charge is 0.272 e. The van der Waals surface area contributed by atoms with E-state index < -0.39 is 5.82 Å². The van der Waals surface area contributed by atoms with Gasteiger partial charge in [0.2, 0.25) is 0 Å². The lowest BCUT2D eigenvalue weighted by Gasteiger charge is -2.29. The molecule has 2 aromatic heterocycles. The molecule has 0 atom stereocenters. The zero-order valence-corrected chi connectivity index (χ0v) is 17.9. The van der Waals surface area contributed by atoms with Gasteiger partial charge in [-0.2, -0.15) is 5.10 Å². The molecule has 166 valence electrons. The molecule has 1 amide bonds. The Balaban J connectivity index is 1.27. The molecule has 1 fully saturated rings. The van der Waals surface area contributed by atoms with Gasteiger partial charge in [0.1, 0.15) is 11.6 Å². The number of amides is 1. The second kappa shape index (κ2) is 7.65. The van der Waals surface area contributed by atoms with Gasteiger partial charge in [-0.3, -0.25) is 9.59 Å². The number of halogens is 1. The van der Waals surface area contributed by atoms with Crippen LogP contribution in [0.2, 0.25) is 0 Å². The van der Waals surface area contributed by atoms with E-state index in [4.69, 9.17) is 0 Å². The fraction of sp³-hybridized carbons (Fsp3) is 0.280. The van der Waals surface area contributed by atoms with Crippen molar-refractivity contribution in [1.82, 2.24) is 24.6 Å². The molecule has 4 aromatic rings. The molecule has 2 aliphatic rings. The third kappa shape index (κ3) is 3.51. The summed E-state index contributed by atoms with van der Waals surface area (Å²) in [5.41, 5.74) is 2.47. The van der Waals surface area contributed by atoms with Crippen molar-refractivity contribution in [1.29, 1.82) is 0 Å². The number of H-pyrrole nitrogens is 1. The van der Waals surface area contributed by atoms with Crippen molar-refractivity contribution in [2.75, 3.05) is 6.54 Å². The molecule has 0 spiro atoms. The zero-order chi connectivity index (χ0) is 22.5. The van der Waals surface area contributed by atoms with Crippen LogP contribution in [0.3, 0.4) is 0 Å². The summed E-state index contributed by atoms with van der Waals surface area (Å²) >= 11 is 0. The second-order valence-electron chi connectivity index (χ2n) is 8.79. The Bertz CT molecular complexity index is 1450. The Kier molecular flexibility index (Phi) is 4.60. The number of benzene rings is 2. The standard InChI is InChI=1S/C25H22FN5O2/c26-20-8-5-15(12-21-17-3-1-2-4-18(17)24(32)29-28-21)11-19(20)25(33)30-9-10-31-22(16-6-7-16)13-27-23(31)14-30/h1-5,8,11,13,16H,6-7,9-10,12,14H2,(H,29,32). The van der Waals surface area contributed by atoms with E-state index in [0.29, 0.717) is 43.1 Å². The van der Waals surface area contributed by atoms with Crippen LogP contribution in [-0.2, 0) is 19.5 Å². The number of hydrogen-bond donors (Lipinski definition) is 1. The van der Waals surface area contributed by atoms with Crippen molar-refractivity contribution in [2.24, 2.45) is 0 Å². The monoisotopic (exact) mass is 443 g/mol. The molecular formula is C25H22FN5O2. The number of fused-ring (bicyclic) bond motifs is 2. The van der Waals surface area contributed by atoms with Gasteiger partial charge in [-0.05, 0) is 36.6 Å². The van der Waals surface area contributed by atoms with E-state index >= 15 is 0 Å². The van der Waals surface area contributed by atoms with Crippen LogP contribution in [0.15, 0.2) is 53.5 Å². The average molecular weight is 443 g/mol. The Morgan fingerprint density at radius 2 is 1.94 bits per heavy atom. The van der Waals surface area contributed by atoms with Gasteiger partial charge in [0, 0.05) is 42.7 Å². The number of carbonyl (C=O) groups excluding carboxylic acids is 1. The van der Waals surface area contributed by atoms with Crippen LogP contribution in [0.25, 0.3) is 10.8 Å². The minimum atomic E-state index is -0.546. The minimum Gasteiger partial charge on any atom is -0.329 e.